The zero-order chi connectivity index (χ0) is 24.5. The Bertz CT molecular complexity index is 1260. The molecule has 4 aromatic rings. The molecule has 0 aliphatic heterocycles. The van der Waals surface area contributed by atoms with Gasteiger partial charge in [-0.25, -0.2) is 4.98 Å². The summed E-state index contributed by atoms with van der Waals surface area (Å²) in [6, 6.07) is 21.9. The lowest BCUT2D eigenvalue weighted by molar-refractivity contribution is 0.268. The summed E-state index contributed by atoms with van der Waals surface area (Å²) in [5, 5.41) is 0. The van der Waals surface area contributed by atoms with E-state index in [-0.39, 0.29) is 0 Å². The molecule has 0 unspecified atom stereocenters. The average molecular weight is 473 g/mol. The summed E-state index contributed by atoms with van der Waals surface area (Å²) in [4.78, 5) is 4.84. The Morgan fingerprint density at radius 3 is 2.37 bits per heavy atom. The van der Waals surface area contributed by atoms with Crippen LogP contribution >= 0.6 is 0 Å². The number of ether oxygens (including phenoxy) is 4. The van der Waals surface area contributed by atoms with E-state index in [9.17, 15) is 0 Å². The lowest BCUT2D eigenvalue weighted by Gasteiger charge is -2.14. The molecular formula is C29H32N2O4. The molecule has 0 fully saturated rings. The van der Waals surface area contributed by atoms with Gasteiger partial charge < -0.3 is 23.5 Å². The Hall–Kier alpha value is -3.93. The van der Waals surface area contributed by atoms with E-state index in [0.29, 0.717) is 24.7 Å². The van der Waals surface area contributed by atoms with Crippen LogP contribution in [0.15, 0.2) is 79.4 Å². The summed E-state index contributed by atoms with van der Waals surface area (Å²) in [5.41, 5.74) is 3.20. The van der Waals surface area contributed by atoms with Crippen LogP contribution in [0, 0.1) is 0 Å². The van der Waals surface area contributed by atoms with Crippen molar-refractivity contribution in [3.8, 4) is 23.0 Å². The van der Waals surface area contributed by atoms with Crippen molar-refractivity contribution in [1.82, 2.24) is 9.55 Å². The zero-order valence-corrected chi connectivity index (χ0v) is 20.4. The van der Waals surface area contributed by atoms with Gasteiger partial charge >= 0.3 is 0 Å². The summed E-state index contributed by atoms with van der Waals surface area (Å²) in [7, 11) is 3.31. The predicted molar refractivity (Wildman–Crippen MR) is 139 cm³/mol. The number of methoxy groups -OCH3 is 2. The number of benzene rings is 3. The second-order valence-electron chi connectivity index (χ2n) is 8.14. The lowest BCUT2D eigenvalue weighted by Crippen LogP contribution is -2.09. The van der Waals surface area contributed by atoms with Crippen LogP contribution in [0.4, 0.5) is 0 Å². The maximum absolute atomic E-state index is 6.16. The summed E-state index contributed by atoms with van der Waals surface area (Å²) in [6.45, 7) is 5.60. The van der Waals surface area contributed by atoms with E-state index in [4.69, 9.17) is 23.9 Å². The third-order valence-electron chi connectivity index (χ3n) is 5.80. The molecule has 6 nitrogen and oxygen atoms in total. The van der Waals surface area contributed by atoms with Gasteiger partial charge in [-0.3, -0.25) is 0 Å². The number of allylic oxidation sites excluding steroid dienone is 1. The second-order valence-corrected chi connectivity index (χ2v) is 8.14. The number of rotatable bonds is 13. The molecule has 0 N–H and O–H groups in total. The number of hydrogen-bond donors (Lipinski definition) is 0. The molecule has 3 aromatic carbocycles. The summed E-state index contributed by atoms with van der Waals surface area (Å²) < 4.78 is 25.2. The molecule has 1 heterocycles. The van der Waals surface area contributed by atoms with Crippen LogP contribution in [0.25, 0.3) is 11.0 Å². The Morgan fingerprint density at radius 1 is 0.829 bits per heavy atom. The van der Waals surface area contributed by atoms with Crippen molar-refractivity contribution in [2.45, 2.75) is 32.4 Å². The van der Waals surface area contributed by atoms with Crippen molar-refractivity contribution < 1.29 is 18.9 Å². The second kappa shape index (κ2) is 12.0. The molecule has 0 spiro atoms. The number of para-hydroxylation sites is 4. The Labute approximate surface area is 206 Å². The first-order chi connectivity index (χ1) is 17.2. The van der Waals surface area contributed by atoms with Gasteiger partial charge in [-0.15, -0.1) is 6.58 Å². The molecule has 0 saturated carbocycles. The van der Waals surface area contributed by atoms with Gasteiger partial charge in [0, 0.05) is 6.54 Å². The van der Waals surface area contributed by atoms with E-state index in [1.54, 1.807) is 14.2 Å². The predicted octanol–water partition coefficient (Wildman–Crippen LogP) is 6.22. The minimum atomic E-state index is 0.351. The van der Waals surface area contributed by atoms with E-state index in [1.807, 2.05) is 66.7 Å². The maximum atomic E-state index is 6.16. The first-order valence-electron chi connectivity index (χ1n) is 11.8. The van der Waals surface area contributed by atoms with Crippen molar-refractivity contribution in [2.75, 3.05) is 20.8 Å². The largest absolute Gasteiger partial charge is 0.493 e. The highest BCUT2D eigenvalue weighted by Gasteiger charge is 2.13. The van der Waals surface area contributed by atoms with Crippen molar-refractivity contribution in [1.29, 1.82) is 0 Å². The maximum Gasteiger partial charge on any atom is 0.161 e. The first-order valence-corrected chi connectivity index (χ1v) is 11.8. The molecular weight excluding hydrogens is 440 g/mol. The third kappa shape index (κ3) is 5.96. The zero-order valence-electron chi connectivity index (χ0n) is 20.4. The number of unbranched alkanes of at least 4 members (excludes halogenated alkanes) is 1. The lowest BCUT2D eigenvalue weighted by atomic mass is 10.1. The Morgan fingerprint density at radius 2 is 1.57 bits per heavy atom. The molecule has 6 heteroatoms. The van der Waals surface area contributed by atoms with Crippen LogP contribution < -0.4 is 18.9 Å². The van der Waals surface area contributed by atoms with Crippen molar-refractivity contribution >= 4 is 11.0 Å². The number of aromatic nitrogens is 2. The van der Waals surface area contributed by atoms with E-state index >= 15 is 0 Å². The summed E-state index contributed by atoms with van der Waals surface area (Å²) >= 11 is 0. The van der Waals surface area contributed by atoms with Gasteiger partial charge in [0.2, 0.25) is 0 Å². The van der Waals surface area contributed by atoms with Crippen LogP contribution in [0.5, 0.6) is 23.0 Å². The molecule has 0 aliphatic carbocycles. The van der Waals surface area contributed by atoms with E-state index < -0.39 is 0 Å². The average Bonchev–Trinajstić information content (AvgIpc) is 3.25. The van der Waals surface area contributed by atoms with Gasteiger partial charge in [0.15, 0.2) is 23.0 Å². The fourth-order valence-electron chi connectivity index (χ4n) is 4.04. The fourth-order valence-corrected chi connectivity index (χ4v) is 4.04. The number of nitrogens with zero attached hydrogens (tertiary/aromatic N) is 2. The van der Waals surface area contributed by atoms with Gasteiger partial charge in [-0.1, -0.05) is 36.4 Å². The van der Waals surface area contributed by atoms with Crippen LogP contribution in [0.2, 0.25) is 0 Å². The molecule has 1 aromatic heterocycles. The van der Waals surface area contributed by atoms with Gasteiger partial charge in [-0.2, -0.15) is 0 Å². The Kier molecular flexibility index (Phi) is 8.28. The topological polar surface area (TPSA) is 54.7 Å². The highest BCUT2D eigenvalue weighted by Crippen LogP contribution is 2.30. The normalized spacial score (nSPS) is 10.8. The molecule has 0 atom stereocenters. The SMILES string of the molecule is C=CCc1ccc(OCc2nc3ccccc3n2CCCCOc2ccccc2OC)c(OC)c1. The van der Waals surface area contributed by atoms with Crippen LogP contribution in [0.1, 0.15) is 24.2 Å². The molecule has 4 rings (SSSR count). The number of imidazole rings is 1. The van der Waals surface area contributed by atoms with E-state index in [0.717, 1.165) is 59.7 Å². The first kappa shape index (κ1) is 24.2. The van der Waals surface area contributed by atoms with Gasteiger partial charge in [0.1, 0.15) is 12.4 Å². The summed E-state index contributed by atoms with van der Waals surface area (Å²) in [5.74, 6) is 3.81. The fraction of sp³-hybridized carbons (Fsp3) is 0.276. The van der Waals surface area contributed by atoms with Crippen molar-refractivity contribution in [3.05, 3.63) is 90.8 Å². The molecule has 182 valence electrons. The number of aryl methyl sites for hydroxylation is 1. The molecule has 0 aliphatic rings. The van der Waals surface area contributed by atoms with Crippen LogP contribution in [-0.2, 0) is 19.6 Å². The molecule has 0 bridgehead atoms. The summed E-state index contributed by atoms with van der Waals surface area (Å²) in [6.07, 6.45) is 4.51. The minimum Gasteiger partial charge on any atom is -0.493 e. The minimum absolute atomic E-state index is 0.351. The highest BCUT2D eigenvalue weighted by molar-refractivity contribution is 5.75. The van der Waals surface area contributed by atoms with Crippen molar-refractivity contribution in [2.24, 2.45) is 0 Å². The highest BCUT2D eigenvalue weighted by atomic mass is 16.5. The Balaban J connectivity index is 1.41. The van der Waals surface area contributed by atoms with Gasteiger partial charge in [0.25, 0.3) is 0 Å². The van der Waals surface area contributed by atoms with Crippen LogP contribution in [0.3, 0.4) is 0 Å². The molecule has 0 saturated heterocycles. The quantitative estimate of drug-likeness (QED) is 0.171. The standard InChI is InChI=1S/C29H32N2O4/c1-4-11-22-16-17-27(28(20-22)33-3)35-21-29-30-23-12-5-6-13-24(23)31(29)18-9-10-19-34-26-15-8-7-14-25(26)32-2/h4-8,12-17,20H,1,9-11,18-19,21H2,2-3H3. The smallest absolute Gasteiger partial charge is 0.161 e. The molecule has 0 radical (unpaired) electrons. The van der Waals surface area contributed by atoms with Crippen LogP contribution in [-0.4, -0.2) is 30.4 Å². The molecule has 35 heavy (non-hydrogen) atoms. The van der Waals surface area contributed by atoms with Gasteiger partial charge in [-0.05, 0) is 61.2 Å². The number of fused-ring (bicyclic) bond motifs is 1. The van der Waals surface area contributed by atoms with E-state index in [2.05, 4.69) is 17.2 Å². The third-order valence-corrected chi connectivity index (χ3v) is 5.80. The van der Waals surface area contributed by atoms with E-state index in [1.165, 1.54) is 0 Å². The molecule has 0 amide bonds. The van der Waals surface area contributed by atoms with Crippen molar-refractivity contribution in [3.63, 3.8) is 0 Å². The van der Waals surface area contributed by atoms with Gasteiger partial charge in [0.05, 0.1) is 31.9 Å². The monoisotopic (exact) mass is 472 g/mol. The number of hydrogen-bond acceptors (Lipinski definition) is 5.